The van der Waals surface area contributed by atoms with Gasteiger partial charge in [-0.3, -0.25) is 4.79 Å². The zero-order chi connectivity index (χ0) is 20.3. The quantitative estimate of drug-likeness (QED) is 0.376. The second kappa shape index (κ2) is 7.02. The van der Waals surface area contributed by atoms with Crippen molar-refractivity contribution in [1.29, 1.82) is 0 Å². The van der Waals surface area contributed by atoms with Gasteiger partial charge in [0.2, 0.25) is 0 Å². The van der Waals surface area contributed by atoms with Crippen LogP contribution in [0.15, 0.2) is 5.16 Å². The molecule has 0 amide bonds. The summed E-state index contributed by atoms with van der Waals surface area (Å²) in [6.45, 7) is 11.3. The first-order chi connectivity index (χ1) is 13.3. The van der Waals surface area contributed by atoms with Gasteiger partial charge in [0.1, 0.15) is 6.10 Å². The maximum Gasteiger partial charge on any atom is 0.302 e. The lowest BCUT2D eigenvalue weighted by Gasteiger charge is -2.64. The number of oxime groups is 1. The molecule has 0 saturated heterocycles. The summed E-state index contributed by atoms with van der Waals surface area (Å²) >= 11 is 0. The van der Waals surface area contributed by atoms with E-state index in [1.165, 1.54) is 32.1 Å². The Hall–Kier alpha value is -1.06. The van der Waals surface area contributed by atoms with Gasteiger partial charge in [-0.2, -0.15) is 0 Å². The Kier molecular flexibility index (Phi) is 5.07. The first-order valence-corrected chi connectivity index (χ1v) is 11.6. The van der Waals surface area contributed by atoms with Crippen molar-refractivity contribution in [2.24, 2.45) is 51.5 Å². The lowest BCUT2D eigenvalue weighted by molar-refractivity contribution is -0.201. The van der Waals surface area contributed by atoms with Crippen LogP contribution < -0.4 is 0 Å². The highest BCUT2D eigenvalue weighted by molar-refractivity contribution is 5.85. The summed E-state index contributed by atoms with van der Waals surface area (Å²) in [4.78, 5) is 12.1. The van der Waals surface area contributed by atoms with Crippen molar-refractivity contribution >= 4 is 11.7 Å². The molecular formula is C24H39NO3. The Bertz CT molecular complexity index is 660. The number of nitrogens with zero attached hydrogens (tertiary/aromatic N) is 1. The number of esters is 1. The Morgan fingerprint density at radius 2 is 1.86 bits per heavy atom. The van der Waals surface area contributed by atoms with Crippen LogP contribution in [0, 0.1) is 46.3 Å². The van der Waals surface area contributed by atoms with Gasteiger partial charge in [-0.25, -0.2) is 0 Å². The molecule has 0 radical (unpaired) electrons. The molecule has 4 rings (SSSR count). The largest absolute Gasteiger partial charge is 0.462 e. The van der Waals surface area contributed by atoms with Crippen LogP contribution in [-0.2, 0) is 9.53 Å². The zero-order valence-electron chi connectivity index (χ0n) is 18.4. The number of ether oxygens (including phenoxy) is 1. The molecule has 0 aromatic rings. The third kappa shape index (κ3) is 2.76. The standard InChI is InChI=1S/C24H39NO3/c1-6-16-7-8-18-21-19(10-12-23(16,18)4)24(5)11-9-17(25-27)13-20(24)14(2)22(21)28-15(3)26/h14,16,18-22,27H,6-13H2,1-5H3/b25-17-/t14-,16+,18?,19?,20?,21?,22?,23-,24-/m1/s1. The van der Waals surface area contributed by atoms with Crippen molar-refractivity contribution in [2.75, 3.05) is 0 Å². The van der Waals surface area contributed by atoms with Crippen molar-refractivity contribution in [2.45, 2.75) is 92.1 Å². The van der Waals surface area contributed by atoms with Crippen LogP contribution in [0.2, 0.25) is 0 Å². The third-order valence-electron chi connectivity index (χ3n) is 10.1. The van der Waals surface area contributed by atoms with Crippen molar-refractivity contribution in [3.8, 4) is 0 Å². The molecule has 158 valence electrons. The molecule has 4 nitrogen and oxygen atoms in total. The molecule has 9 atom stereocenters. The topological polar surface area (TPSA) is 58.9 Å². The highest BCUT2D eigenvalue weighted by Crippen LogP contribution is 2.68. The Balaban J connectivity index is 1.75. The predicted molar refractivity (Wildman–Crippen MR) is 110 cm³/mol. The van der Waals surface area contributed by atoms with E-state index in [1.807, 2.05) is 0 Å². The van der Waals surface area contributed by atoms with Gasteiger partial charge in [-0.1, -0.05) is 39.3 Å². The van der Waals surface area contributed by atoms with Crippen molar-refractivity contribution in [1.82, 2.24) is 0 Å². The van der Waals surface area contributed by atoms with E-state index < -0.39 is 0 Å². The van der Waals surface area contributed by atoms with E-state index in [4.69, 9.17) is 4.74 Å². The summed E-state index contributed by atoms with van der Waals surface area (Å²) in [6, 6.07) is 0. The summed E-state index contributed by atoms with van der Waals surface area (Å²) in [6.07, 6.45) is 9.38. The SMILES string of the molecule is CC[C@H]1CCC2C3C(OC(C)=O)[C@H](C)C4C/C(=N\O)CC[C@]4(C)C3CC[C@@]21C. The number of fused-ring (bicyclic) bond motifs is 5. The second-order valence-electron chi connectivity index (χ2n) is 10.9. The summed E-state index contributed by atoms with van der Waals surface area (Å²) in [5, 5.41) is 13.0. The number of rotatable bonds is 2. The van der Waals surface area contributed by atoms with E-state index in [-0.39, 0.29) is 17.5 Å². The van der Waals surface area contributed by atoms with Crippen LogP contribution in [0.25, 0.3) is 0 Å². The van der Waals surface area contributed by atoms with Gasteiger partial charge < -0.3 is 9.94 Å². The fourth-order valence-electron chi connectivity index (χ4n) is 8.68. The molecule has 0 aromatic carbocycles. The zero-order valence-corrected chi connectivity index (χ0v) is 18.4. The van der Waals surface area contributed by atoms with Crippen LogP contribution >= 0.6 is 0 Å². The maximum atomic E-state index is 12.1. The van der Waals surface area contributed by atoms with E-state index in [2.05, 4.69) is 32.9 Å². The highest BCUT2D eigenvalue weighted by Gasteiger charge is 2.64. The molecular weight excluding hydrogens is 350 g/mol. The molecule has 4 aliphatic rings. The van der Waals surface area contributed by atoms with E-state index in [0.29, 0.717) is 35.0 Å². The maximum absolute atomic E-state index is 12.1. The number of carbonyl (C=O) groups is 1. The van der Waals surface area contributed by atoms with Gasteiger partial charge in [0.15, 0.2) is 0 Å². The van der Waals surface area contributed by atoms with Gasteiger partial charge in [0, 0.05) is 12.8 Å². The summed E-state index contributed by atoms with van der Waals surface area (Å²) < 4.78 is 6.12. The fourth-order valence-corrected chi connectivity index (χ4v) is 8.68. The smallest absolute Gasteiger partial charge is 0.302 e. The molecule has 4 heteroatoms. The van der Waals surface area contributed by atoms with E-state index >= 15 is 0 Å². The lowest BCUT2D eigenvalue weighted by atomic mass is 9.42. The Labute approximate surface area is 170 Å². The number of hydrogen-bond donors (Lipinski definition) is 1. The molecule has 0 bridgehead atoms. The molecule has 4 saturated carbocycles. The molecule has 5 unspecified atom stereocenters. The van der Waals surface area contributed by atoms with Gasteiger partial charge in [-0.15, -0.1) is 0 Å². The van der Waals surface area contributed by atoms with Crippen LogP contribution in [0.1, 0.15) is 86.0 Å². The predicted octanol–water partition coefficient (Wildman–Crippen LogP) is 5.67. The first kappa shape index (κ1) is 20.2. The molecule has 0 aromatic heterocycles. The minimum atomic E-state index is -0.136. The van der Waals surface area contributed by atoms with Crippen LogP contribution in [0.5, 0.6) is 0 Å². The monoisotopic (exact) mass is 389 g/mol. The molecule has 4 fully saturated rings. The van der Waals surface area contributed by atoms with Crippen molar-refractivity contribution < 1.29 is 14.7 Å². The summed E-state index contributed by atoms with van der Waals surface area (Å²) in [5.41, 5.74) is 1.60. The van der Waals surface area contributed by atoms with Gasteiger partial charge in [0.05, 0.1) is 5.71 Å². The summed E-state index contributed by atoms with van der Waals surface area (Å²) in [5.74, 6) is 3.21. The lowest BCUT2D eigenvalue weighted by Crippen LogP contribution is -2.62. The molecule has 1 N–H and O–H groups in total. The summed E-state index contributed by atoms with van der Waals surface area (Å²) in [7, 11) is 0. The minimum absolute atomic E-state index is 0.0128. The van der Waals surface area contributed by atoms with Crippen molar-refractivity contribution in [3.05, 3.63) is 0 Å². The highest BCUT2D eigenvalue weighted by atomic mass is 16.5. The van der Waals surface area contributed by atoms with E-state index in [0.717, 1.165) is 30.9 Å². The van der Waals surface area contributed by atoms with Crippen molar-refractivity contribution in [3.63, 3.8) is 0 Å². The average Bonchev–Trinajstić information content (AvgIpc) is 3.00. The molecule has 0 spiro atoms. The molecule has 28 heavy (non-hydrogen) atoms. The fraction of sp³-hybridized carbons (Fsp3) is 0.917. The molecule has 4 aliphatic carbocycles. The van der Waals surface area contributed by atoms with E-state index in [9.17, 15) is 10.0 Å². The van der Waals surface area contributed by atoms with E-state index in [1.54, 1.807) is 6.92 Å². The van der Waals surface area contributed by atoms with Crippen LogP contribution in [-0.4, -0.2) is 23.0 Å². The Morgan fingerprint density at radius 3 is 2.50 bits per heavy atom. The van der Waals surface area contributed by atoms with Gasteiger partial charge >= 0.3 is 5.97 Å². The molecule has 0 heterocycles. The Morgan fingerprint density at radius 1 is 1.14 bits per heavy atom. The second-order valence-corrected chi connectivity index (χ2v) is 10.9. The van der Waals surface area contributed by atoms with Gasteiger partial charge in [0.25, 0.3) is 0 Å². The average molecular weight is 390 g/mol. The van der Waals surface area contributed by atoms with Crippen LogP contribution in [0.4, 0.5) is 0 Å². The normalized spacial score (nSPS) is 51.9. The first-order valence-electron chi connectivity index (χ1n) is 11.6. The molecule has 0 aliphatic heterocycles. The van der Waals surface area contributed by atoms with Crippen LogP contribution in [0.3, 0.4) is 0 Å². The number of hydrogen-bond acceptors (Lipinski definition) is 4. The van der Waals surface area contributed by atoms with Gasteiger partial charge in [-0.05, 0) is 85.4 Å². The number of carbonyl (C=O) groups excluding carboxylic acids is 1. The minimum Gasteiger partial charge on any atom is -0.462 e. The third-order valence-corrected chi connectivity index (χ3v) is 10.1.